The van der Waals surface area contributed by atoms with Gasteiger partial charge < -0.3 is 15.2 Å². The lowest BCUT2D eigenvalue weighted by Crippen LogP contribution is -2.45. The van der Waals surface area contributed by atoms with Crippen molar-refractivity contribution < 1.29 is 4.79 Å². The molecule has 140 valence electrons. The summed E-state index contributed by atoms with van der Waals surface area (Å²) in [6, 6.07) is 0.281. The number of rotatable bonds is 5. The zero-order valence-corrected chi connectivity index (χ0v) is 15.9. The van der Waals surface area contributed by atoms with Crippen LogP contribution in [-0.2, 0) is 24.7 Å². The minimum Gasteiger partial charge on any atom is -0.368 e. The van der Waals surface area contributed by atoms with Gasteiger partial charge in [-0.05, 0) is 39.5 Å². The average Bonchev–Trinajstić information content (AvgIpc) is 3.01. The van der Waals surface area contributed by atoms with Gasteiger partial charge in [-0.3, -0.25) is 4.79 Å². The summed E-state index contributed by atoms with van der Waals surface area (Å²) in [6.45, 7) is 4.61. The van der Waals surface area contributed by atoms with Gasteiger partial charge in [-0.1, -0.05) is 0 Å². The van der Waals surface area contributed by atoms with Crippen LogP contribution in [0.15, 0.2) is 12.4 Å². The summed E-state index contributed by atoms with van der Waals surface area (Å²) < 4.78 is 2.05. The highest BCUT2D eigenvalue weighted by Crippen LogP contribution is 2.23. The predicted molar refractivity (Wildman–Crippen MR) is 101 cm³/mol. The van der Waals surface area contributed by atoms with E-state index in [4.69, 9.17) is 5.73 Å². The number of hydrogen-bond acceptors (Lipinski definition) is 5. The highest BCUT2D eigenvalue weighted by Gasteiger charge is 2.27. The molecule has 0 bridgehead atoms. The van der Waals surface area contributed by atoms with Crippen LogP contribution in [0.25, 0.3) is 0 Å². The second-order valence-corrected chi connectivity index (χ2v) is 7.14. The molecule has 3 heterocycles. The van der Waals surface area contributed by atoms with Crippen molar-refractivity contribution in [3.63, 3.8) is 0 Å². The van der Waals surface area contributed by atoms with E-state index in [-0.39, 0.29) is 17.9 Å². The van der Waals surface area contributed by atoms with Gasteiger partial charge in [-0.25, -0.2) is 15.0 Å². The molecule has 7 nitrogen and oxygen atoms in total. The van der Waals surface area contributed by atoms with Crippen LogP contribution in [0.5, 0.6) is 0 Å². The van der Waals surface area contributed by atoms with Crippen molar-refractivity contribution in [2.24, 2.45) is 7.05 Å². The van der Waals surface area contributed by atoms with Gasteiger partial charge in [0.25, 0.3) is 0 Å². The van der Waals surface area contributed by atoms with Gasteiger partial charge >= 0.3 is 0 Å². The number of hydrogen-bond donors (Lipinski definition) is 1. The minimum absolute atomic E-state index is 0.161. The fraction of sp³-hybridized carbons (Fsp3) is 0.579. The van der Waals surface area contributed by atoms with E-state index >= 15 is 0 Å². The Kier molecular flexibility index (Phi) is 5.54. The fourth-order valence-corrected chi connectivity index (χ4v) is 3.84. The first-order valence-electron chi connectivity index (χ1n) is 9.31. The molecule has 0 unspecified atom stereocenters. The number of aryl methyl sites for hydroxylation is 4. The van der Waals surface area contributed by atoms with Gasteiger partial charge in [0.15, 0.2) is 0 Å². The van der Waals surface area contributed by atoms with Crippen LogP contribution < -0.4 is 5.73 Å². The Hall–Kier alpha value is -2.44. The Balaban J connectivity index is 1.69. The molecule has 0 spiro atoms. The number of nitrogens with two attached hydrogens (primary N) is 1. The Morgan fingerprint density at radius 2 is 2.00 bits per heavy atom. The molecule has 1 fully saturated rings. The molecule has 0 aromatic carbocycles. The SMILES string of the molecule is Cc1nc(N)nc(C)c1CC(=O)N1CCCC[C@@H]1CCc1nccn1C. The van der Waals surface area contributed by atoms with Crippen LogP contribution in [0.2, 0.25) is 0 Å². The van der Waals surface area contributed by atoms with Crippen LogP contribution in [0.4, 0.5) is 5.95 Å². The number of likely N-dealkylation sites (tertiary alicyclic amines) is 1. The third-order valence-electron chi connectivity index (χ3n) is 5.34. The number of aromatic nitrogens is 4. The predicted octanol–water partition coefficient (Wildman–Crippen LogP) is 1.97. The number of nitrogen functional groups attached to an aromatic ring is 1. The van der Waals surface area contributed by atoms with E-state index in [9.17, 15) is 4.79 Å². The second-order valence-electron chi connectivity index (χ2n) is 7.14. The number of carbonyl (C=O) groups is 1. The van der Waals surface area contributed by atoms with Crippen LogP contribution in [0.3, 0.4) is 0 Å². The largest absolute Gasteiger partial charge is 0.368 e. The maximum atomic E-state index is 13.0. The summed E-state index contributed by atoms with van der Waals surface area (Å²) in [4.78, 5) is 27.9. The van der Waals surface area contributed by atoms with Crippen molar-refractivity contribution >= 4 is 11.9 Å². The van der Waals surface area contributed by atoms with Gasteiger partial charge in [0.1, 0.15) is 5.82 Å². The molecule has 0 saturated carbocycles. The summed E-state index contributed by atoms with van der Waals surface area (Å²) in [6.07, 6.45) is 9.29. The number of carbonyl (C=O) groups excluding carboxylic acids is 1. The quantitative estimate of drug-likeness (QED) is 0.884. The number of anilines is 1. The van der Waals surface area contributed by atoms with Crippen molar-refractivity contribution in [1.29, 1.82) is 0 Å². The first-order valence-corrected chi connectivity index (χ1v) is 9.31. The Morgan fingerprint density at radius 3 is 2.65 bits per heavy atom. The Morgan fingerprint density at radius 1 is 1.27 bits per heavy atom. The summed E-state index contributed by atoms with van der Waals surface area (Å²) in [5.74, 6) is 1.50. The zero-order valence-electron chi connectivity index (χ0n) is 15.9. The molecule has 1 aliphatic heterocycles. The van der Waals surface area contributed by atoms with Gasteiger partial charge in [0.05, 0.1) is 6.42 Å². The minimum atomic E-state index is 0.161. The number of amides is 1. The molecule has 1 aliphatic rings. The first kappa shape index (κ1) is 18.4. The Bertz CT molecular complexity index is 761. The molecular weight excluding hydrogens is 328 g/mol. The lowest BCUT2D eigenvalue weighted by atomic mass is 9.96. The molecule has 1 amide bonds. The van der Waals surface area contributed by atoms with Crippen LogP contribution in [-0.4, -0.2) is 42.9 Å². The van der Waals surface area contributed by atoms with Crippen LogP contribution in [0, 0.1) is 13.8 Å². The van der Waals surface area contributed by atoms with Crippen molar-refractivity contribution in [2.75, 3.05) is 12.3 Å². The molecule has 3 rings (SSSR count). The van der Waals surface area contributed by atoms with Crippen LogP contribution >= 0.6 is 0 Å². The molecule has 0 aliphatic carbocycles. The average molecular weight is 356 g/mol. The maximum Gasteiger partial charge on any atom is 0.227 e. The maximum absolute atomic E-state index is 13.0. The standard InChI is InChI=1S/C19H28N6O/c1-13-16(14(2)23-19(20)22-13)12-18(26)25-10-5-4-6-15(25)7-8-17-21-9-11-24(17)3/h9,11,15H,4-8,10,12H2,1-3H3,(H2,20,22,23)/t15-/m1/s1. The van der Waals surface area contributed by atoms with Gasteiger partial charge in [0, 0.05) is 55.4 Å². The first-order chi connectivity index (χ1) is 12.5. The fourth-order valence-electron chi connectivity index (χ4n) is 3.84. The molecule has 7 heteroatoms. The summed E-state index contributed by atoms with van der Waals surface area (Å²) in [5, 5.41) is 0. The van der Waals surface area contributed by atoms with Crippen molar-refractivity contribution in [3.05, 3.63) is 35.2 Å². The van der Waals surface area contributed by atoms with E-state index in [1.54, 1.807) is 0 Å². The van der Waals surface area contributed by atoms with E-state index in [0.717, 1.165) is 55.0 Å². The molecule has 2 aromatic rings. The van der Waals surface area contributed by atoms with E-state index in [1.807, 2.05) is 37.9 Å². The van der Waals surface area contributed by atoms with Gasteiger partial charge in [0.2, 0.25) is 11.9 Å². The lowest BCUT2D eigenvalue weighted by molar-refractivity contribution is -0.134. The molecule has 26 heavy (non-hydrogen) atoms. The van der Waals surface area contributed by atoms with Crippen LogP contribution in [0.1, 0.15) is 48.5 Å². The molecule has 1 atom stereocenters. The van der Waals surface area contributed by atoms with Gasteiger partial charge in [-0.2, -0.15) is 0 Å². The molecular formula is C19H28N6O. The van der Waals surface area contributed by atoms with E-state index < -0.39 is 0 Å². The second kappa shape index (κ2) is 7.85. The third-order valence-corrected chi connectivity index (χ3v) is 5.34. The number of nitrogens with zero attached hydrogens (tertiary/aromatic N) is 5. The molecule has 0 radical (unpaired) electrons. The van der Waals surface area contributed by atoms with E-state index in [0.29, 0.717) is 6.42 Å². The molecule has 2 aromatic heterocycles. The van der Waals surface area contributed by atoms with Crippen molar-refractivity contribution in [3.8, 4) is 0 Å². The zero-order chi connectivity index (χ0) is 18.7. The number of imidazole rings is 1. The monoisotopic (exact) mass is 356 g/mol. The summed E-state index contributed by atoms with van der Waals surface area (Å²) >= 11 is 0. The summed E-state index contributed by atoms with van der Waals surface area (Å²) in [5.41, 5.74) is 8.19. The third kappa shape index (κ3) is 4.03. The normalized spacial score (nSPS) is 17.5. The summed E-state index contributed by atoms with van der Waals surface area (Å²) in [7, 11) is 2.01. The Labute approximate surface area is 154 Å². The topological polar surface area (TPSA) is 89.9 Å². The van der Waals surface area contributed by atoms with Crippen molar-refractivity contribution in [2.45, 2.75) is 58.4 Å². The smallest absolute Gasteiger partial charge is 0.227 e. The van der Waals surface area contributed by atoms with Gasteiger partial charge in [-0.15, -0.1) is 0 Å². The number of piperidine rings is 1. The van der Waals surface area contributed by atoms with Crippen molar-refractivity contribution in [1.82, 2.24) is 24.4 Å². The van der Waals surface area contributed by atoms with E-state index in [2.05, 4.69) is 19.9 Å². The molecule has 2 N–H and O–H groups in total. The lowest BCUT2D eigenvalue weighted by Gasteiger charge is -2.36. The van der Waals surface area contributed by atoms with E-state index in [1.165, 1.54) is 6.42 Å². The highest BCUT2D eigenvalue weighted by molar-refractivity contribution is 5.79. The highest BCUT2D eigenvalue weighted by atomic mass is 16.2. The molecule has 1 saturated heterocycles.